The highest BCUT2D eigenvalue weighted by Crippen LogP contribution is 2.30. The predicted molar refractivity (Wildman–Crippen MR) is 82.9 cm³/mol. The summed E-state index contributed by atoms with van der Waals surface area (Å²) in [5.41, 5.74) is 2.45. The molecular weight excluding hydrogens is 307 g/mol. The third-order valence-electron chi connectivity index (χ3n) is 3.59. The fourth-order valence-corrected chi connectivity index (χ4v) is 2.67. The highest BCUT2D eigenvalue weighted by molar-refractivity contribution is 6.34. The van der Waals surface area contributed by atoms with Crippen LogP contribution in [0.25, 0.3) is 0 Å². The predicted octanol–water partition coefficient (Wildman–Crippen LogP) is 3.25. The molecule has 1 aliphatic rings. The standard InChI is InChI=1S/C16H12ClFN2O2/c1-20-14-5-3-11(6-9(14)7-15(20)21)19-16(22)12-4-2-10(18)8-13(12)17/h2-6,8H,7H2,1H3,(H,19,22). The van der Waals surface area contributed by atoms with Crippen molar-refractivity contribution in [3.63, 3.8) is 0 Å². The van der Waals surface area contributed by atoms with E-state index in [9.17, 15) is 14.0 Å². The molecule has 0 aliphatic carbocycles. The Balaban J connectivity index is 1.84. The summed E-state index contributed by atoms with van der Waals surface area (Å²) in [6.07, 6.45) is 0.312. The number of anilines is 2. The van der Waals surface area contributed by atoms with E-state index in [0.29, 0.717) is 12.1 Å². The molecule has 6 heteroatoms. The van der Waals surface area contributed by atoms with Crippen LogP contribution in [-0.2, 0) is 11.2 Å². The number of nitrogens with one attached hydrogen (secondary N) is 1. The van der Waals surface area contributed by atoms with Crippen molar-refractivity contribution in [2.75, 3.05) is 17.3 Å². The third kappa shape index (κ3) is 2.55. The summed E-state index contributed by atoms with van der Waals surface area (Å²) in [6.45, 7) is 0. The maximum Gasteiger partial charge on any atom is 0.257 e. The number of hydrogen-bond donors (Lipinski definition) is 1. The van der Waals surface area contributed by atoms with Crippen molar-refractivity contribution in [1.29, 1.82) is 0 Å². The number of nitrogens with zero attached hydrogens (tertiary/aromatic N) is 1. The molecule has 0 saturated heterocycles. The van der Waals surface area contributed by atoms with Gasteiger partial charge in [-0.3, -0.25) is 9.59 Å². The van der Waals surface area contributed by atoms with Crippen molar-refractivity contribution >= 4 is 34.8 Å². The second kappa shape index (κ2) is 5.42. The molecule has 3 rings (SSSR count). The molecule has 0 saturated carbocycles. The van der Waals surface area contributed by atoms with Crippen molar-refractivity contribution in [2.45, 2.75) is 6.42 Å². The van der Waals surface area contributed by atoms with E-state index in [-0.39, 0.29) is 16.5 Å². The van der Waals surface area contributed by atoms with Crippen LogP contribution in [0.2, 0.25) is 5.02 Å². The van der Waals surface area contributed by atoms with E-state index in [2.05, 4.69) is 5.32 Å². The molecule has 0 spiro atoms. The summed E-state index contributed by atoms with van der Waals surface area (Å²) in [5.74, 6) is -0.914. The zero-order valence-electron chi connectivity index (χ0n) is 11.7. The third-order valence-corrected chi connectivity index (χ3v) is 3.90. The Kier molecular flexibility index (Phi) is 3.58. The molecule has 112 valence electrons. The van der Waals surface area contributed by atoms with E-state index < -0.39 is 11.7 Å². The molecule has 0 unspecified atom stereocenters. The number of carbonyl (C=O) groups excluding carboxylic acids is 2. The number of rotatable bonds is 2. The van der Waals surface area contributed by atoms with Gasteiger partial charge in [0.2, 0.25) is 5.91 Å². The van der Waals surface area contributed by atoms with E-state index in [0.717, 1.165) is 17.3 Å². The first kappa shape index (κ1) is 14.5. The Morgan fingerprint density at radius 2 is 2.05 bits per heavy atom. The minimum absolute atomic E-state index is 0.0139. The zero-order chi connectivity index (χ0) is 15.9. The summed E-state index contributed by atoms with van der Waals surface area (Å²) in [4.78, 5) is 25.4. The van der Waals surface area contributed by atoms with Crippen LogP contribution in [0, 0.1) is 5.82 Å². The van der Waals surface area contributed by atoms with E-state index in [4.69, 9.17) is 11.6 Å². The van der Waals surface area contributed by atoms with Crippen LogP contribution in [0.5, 0.6) is 0 Å². The lowest BCUT2D eigenvalue weighted by Gasteiger charge is -2.11. The lowest BCUT2D eigenvalue weighted by Crippen LogP contribution is -2.20. The smallest absolute Gasteiger partial charge is 0.257 e. The molecule has 4 nitrogen and oxygen atoms in total. The highest BCUT2D eigenvalue weighted by atomic mass is 35.5. The number of amides is 2. The fourth-order valence-electron chi connectivity index (χ4n) is 2.42. The SMILES string of the molecule is CN1C(=O)Cc2cc(NC(=O)c3ccc(F)cc3Cl)ccc21. The summed E-state index contributed by atoms with van der Waals surface area (Å²) in [5, 5.41) is 2.75. The molecule has 0 bridgehead atoms. The van der Waals surface area contributed by atoms with Gasteiger partial charge in [0.15, 0.2) is 0 Å². The maximum absolute atomic E-state index is 13.0. The largest absolute Gasteiger partial charge is 0.322 e. The molecule has 2 aromatic rings. The van der Waals surface area contributed by atoms with Gasteiger partial charge >= 0.3 is 0 Å². The number of halogens is 2. The van der Waals surface area contributed by atoms with Crippen LogP contribution in [0.15, 0.2) is 36.4 Å². The van der Waals surface area contributed by atoms with Crippen molar-refractivity contribution in [3.8, 4) is 0 Å². The fraction of sp³-hybridized carbons (Fsp3) is 0.125. The lowest BCUT2D eigenvalue weighted by atomic mass is 10.1. The molecule has 0 aromatic heterocycles. The molecule has 2 aromatic carbocycles. The zero-order valence-corrected chi connectivity index (χ0v) is 12.4. The monoisotopic (exact) mass is 318 g/mol. The molecule has 0 fully saturated rings. The Labute approximate surface area is 131 Å². The van der Waals surface area contributed by atoms with Crippen LogP contribution in [0.1, 0.15) is 15.9 Å². The first-order valence-corrected chi connectivity index (χ1v) is 6.99. The second-order valence-electron chi connectivity index (χ2n) is 5.05. The van der Waals surface area contributed by atoms with E-state index in [1.54, 1.807) is 30.1 Å². The number of carbonyl (C=O) groups is 2. The average Bonchev–Trinajstić information content (AvgIpc) is 2.73. The van der Waals surface area contributed by atoms with Gasteiger partial charge in [-0.2, -0.15) is 0 Å². The summed E-state index contributed by atoms with van der Waals surface area (Å²) < 4.78 is 13.0. The molecule has 0 radical (unpaired) electrons. The van der Waals surface area contributed by atoms with Gasteiger partial charge in [0, 0.05) is 18.4 Å². The van der Waals surface area contributed by atoms with Crippen LogP contribution in [0.3, 0.4) is 0 Å². The van der Waals surface area contributed by atoms with Gasteiger partial charge in [-0.1, -0.05) is 11.6 Å². The van der Waals surface area contributed by atoms with Crippen molar-refractivity contribution in [2.24, 2.45) is 0 Å². The summed E-state index contributed by atoms with van der Waals surface area (Å²) >= 11 is 5.87. The molecule has 0 atom stereocenters. The van der Waals surface area contributed by atoms with E-state index in [1.165, 1.54) is 12.1 Å². The average molecular weight is 319 g/mol. The van der Waals surface area contributed by atoms with Crippen LogP contribution in [-0.4, -0.2) is 18.9 Å². The Hall–Kier alpha value is -2.40. The van der Waals surface area contributed by atoms with Gasteiger partial charge in [0.1, 0.15) is 5.82 Å². The van der Waals surface area contributed by atoms with Gasteiger partial charge in [0.05, 0.1) is 17.0 Å². The van der Waals surface area contributed by atoms with Gasteiger partial charge < -0.3 is 10.2 Å². The second-order valence-corrected chi connectivity index (χ2v) is 5.46. The molecule has 1 aliphatic heterocycles. The minimum atomic E-state index is -0.499. The number of hydrogen-bond acceptors (Lipinski definition) is 2. The molecule has 22 heavy (non-hydrogen) atoms. The van der Waals surface area contributed by atoms with E-state index in [1.807, 2.05) is 0 Å². The molecule has 1 heterocycles. The summed E-state index contributed by atoms with van der Waals surface area (Å²) in [6, 6.07) is 8.85. The number of likely N-dealkylation sites (N-methyl/N-ethyl adjacent to an activating group) is 1. The minimum Gasteiger partial charge on any atom is -0.322 e. The van der Waals surface area contributed by atoms with E-state index >= 15 is 0 Å². The van der Waals surface area contributed by atoms with Gasteiger partial charge in [-0.05, 0) is 42.0 Å². The normalized spacial score (nSPS) is 13.2. The first-order valence-electron chi connectivity index (χ1n) is 6.61. The maximum atomic E-state index is 13.0. The quantitative estimate of drug-likeness (QED) is 0.924. The lowest BCUT2D eigenvalue weighted by molar-refractivity contribution is -0.117. The van der Waals surface area contributed by atoms with Crippen LogP contribution in [0.4, 0.5) is 15.8 Å². The summed E-state index contributed by atoms with van der Waals surface area (Å²) in [7, 11) is 1.71. The van der Waals surface area contributed by atoms with Gasteiger partial charge in [-0.25, -0.2) is 4.39 Å². The Morgan fingerprint density at radius 1 is 1.27 bits per heavy atom. The molecular formula is C16H12ClFN2O2. The Morgan fingerprint density at radius 3 is 2.77 bits per heavy atom. The molecule has 1 N–H and O–H groups in total. The van der Waals surface area contributed by atoms with Crippen LogP contribution >= 0.6 is 11.6 Å². The topological polar surface area (TPSA) is 49.4 Å². The van der Waals surface area contributed by atoms with Crippen molar-refractivity contribution in [3.05, 3.63) is 58.4 Å². The first-order chi connectivity index (χ1) is 10.5. The number of benzene rings is 2. The number of fused-ring (bicyclic) bond motifs is 1. The highest BCUT2D eigenvalue weighted by Gasteiger charge is 2.24. The van der Waals surface area contributed by atoms with Crippen molar-refractivity contribution in [1.82, 2.24) is 0 Å². The van der Waals surface area contributed by atoms with Gasteiger partial charge in [0.25, 0.3) is 5.91 Å². The van der Waals surface area contributed by atoms with Crippen LogP contribution < -0.4 is 10.2 Å². The Bertz CT molecular complexity index is 792. The van der Waals surface area contributed by atoms with Gasteiger partial charge in [-0.15, -0.1) is 0 Å². The molecule has 2 amide bonds. The van der Waals surface area contributed by atoms with Crippen molar-refractivity contribution < 1.29 is 14.0 Å².